The molecule has 0 aliphatic rings. The molecule has 0 aliphatic heterocycles. The molecule has 26 heteroatoms. The molecule has 0 saturated carbocycles. The molecule has 118 heavy (non-hydrogen) atoms. The van der Waals surface area contributed by atoms with Crippen LogP contribution in [0.15, 0.2) is 104 Å². The summed E-state index contributed by atoms with van der Waals surface area (Å²) in [6, 6.07) is 30.1. The van der Waals surface area contributed by atoms with Gasteiger partial charge in [0.1, 0.15) is 52.4 Å². The van der Waals surface area contributed by atoms with Gasteiger partial charge in [0.05, 0.1) is 75.8 Å². The Morgan fingerprint density at radius 3 is 0.932 bits per heavy atom. The first-order chi connectivity index (χ1) is 54.4. The van der Waals surface area contributed by atoms with Crippen molar-refractivity contribution in [3.8, 4) is 0 Å². The molecule has 0 radical (unpaired) electrons. The molecule has 0 spiro atoms. The number of esters is 8. The van der Waals surface area contributed by atoms with Gasteiger partial charge in [0.15, 0.2) is 0 Å². The lowest BCUT2D eigenvalue weighted by atomic mass is 9.91. The molecule has 26 nitrogen and oxygen atoms in total. The van der Waals surface area contributed by atoms with Gasteiger partial charge in [0, 0.05) is 6.08 Å². The Bertz CT molecular complexity index is 3180. The molecular formula is C92H154O26. The first kappa shape index (κ1) is 122. The van der Waals surface area contributed by atoms with Gasteiger partial charge in [-0.3, -0.25) is 52.7 Å². The fourth-order valence-corrected chi connectivity index (χ4v) is 6.23. The molecular weight excluding hydrogens is 1520 g/mol. The van der Waals surface area contributed by atoms with Crippen LogP contribution in [0.4, 0.5) is 0 Å². The van der Waals surface area contributed by atoms with E-state index in [4.69, 9.17) is 54.0 Å². The lowest BCUT2D eigenvalue weighted by Crippen LogP contribution is -2.31. The number of methoxy groups -OCH3 is 1. The van der Waals surface area contributed by atoms with Gasteiger partial charge in [-0.2, -0.15) is 0 Å². The number of rotatable bonds is 37. The van der Waals surface area contributed by atoms with Gasteiger partial charge in [-0.1, -0.05) is 181 Å². The minimum atomic E-state index is -1.05. The van der Waals surface area contributed by atoms with E-state index in [1.807, 2.05) is 178 Å². The summed E-state index contributed by atoms with van der Waals surface area (Å²) in [7, 11) is 1.42. The Kier molecular flexibility index (Phi) is 68.2. The first-order valence-corrected chi connectivity index (χ1v) is 40.6. The Morgan fingerprint density at radius 1 is 0.381 bits per heavy atom. The van der Waals surface area contributed by atoms with Gasteiger partial charge in [-0.25, -0.2) is 4.79 Å². The van der Waals surface area contributed by atoms with E-state index in [9.17, 15) is 62.6 Å². The molecule has 0 amide bonds. The number of aliphatic carboxylic acids is 4. The predicted octanol–water partition coefficient (Wildman–Crippen LogP) is 18.6. The Labute approximate surface area is 707 Å². The number of hydrogen-bond donors (Lipinski definition) is 6. The molecule has 3 aromatic rings. The van der Waals surface area contributed by atoms with Gasteiger partial charge >= 0.3 is 71.6 Å². The highest BCUT2D eigenvalue weighted by Crippen LogP contribution is 2.27. The second-order valence-electron chi connectivity index (χ2n) is 32.7. The van der Waals surface area contributed by atoms with Crippen LogP contribution in [0.1, 0.15) is 294 Å². The van der Waals surface area contributed by atoms with Gasteiger partial charge in [0.2, 0.25) is 0 Å². The maximum atomic E-state index is 11.6. The number of carbonyl (C=O) groups is 12. The van der Waals surface area contributed by atoms with Crippen LogP contribution >= 0.6 is 0 Å². The standard InChI is InChI=1S/2C13H18O2.C12H20O6.C12H20O5.C10H14.C8H16O3.C7H14O2.2C6H12O2.C5H10O2/c2*1-4-13(2,3)12(14)15-10-11-8-6-5-7-9-11;1-4-12(2,3)11(16)18-8-7-17-10(15)6-5-9(13)14;1-5-10(14)16-7-9(13)8-17-11(15)12(3,4)6-2;1-3-9(2)10-7-5-4-6-8-10;1-4-8(2,3)7(10)11-6-5-9;1-5-7(2,3)6(8)9-4;2*1-4-6(2,3)5(7)8;1-3-4(2)5(6)7/h2*5-9H,4,10H2,1-3H3;4-8H2,1-3H3,(H,13,14);5,9,13H,1,6-8H2,2-4H3;4-9H,3H2,1-2H3;9H,4-6H2,1-3H3;5H2,1-4H3;2*4H2,1-3H3,(H,7,8);4H,3H2,1-2H3,(H,6,7). The third-order valence-electron chi connectivity index (χ3n) is 19.6. The Hall–Kier alpha value is -9.04. The molecule has 0 aliphatic carbocycles. The fraction of sp³-hybridized carbons (Fsp3) is 0.652. The highest BCUT2D eigenvalue weighted by Gasteiger charge is 2.32. The number of benzene rings is 3. The summed E-state index contributed by atoms with van der Waals surface area (Å²) in [5.41, 5.74) is -0.196. The van der Waals surface area contributed by atoms with E-state index < -0.39 is 69.0 Å². The van der Waals surface area contributed by atoms with Crippen molar-refractivity contribution >= 4 is 71.6 Å². The van der Waals surface area contributed by atoms with E-state index in [2.05, 4.69) is 60.2 Å². The number of carboxylic acids is 4. The number of aliphatic hydroxyl groups excluding tert-OH is 2. The van der Waals surface area contributed by atoms with Crippen LogP contribution in [-0.2, 0) is 109 Å². The van der Waals surface area contributed by atoms with Crippen LogP contribution in [0, 0.1) is 49.2 Å². The summed E-state index contributed by atoms with van der Waals surface area (Å²) in [6.45, 7) is 55.8. The molecule has 0 aromatic heterocycles. The lowest BCUT2D eigenvalue weighted by molar-refractivity contribution is -0.159. The van der Waals surface area contributed by atoms with E-state index in [0.29, 0.717) is 44.8 Å². The zero-order valence-corrected chi connectivity index (χ0v) is 77.2. The van der Waals surface area contributed by atoms with E-state index >= 15 is 0 Å². The molecule has 3 aromatic carbocycles. The monoisotopic (exact) mass is 1680 g/mol. The maximum absolute atomic E-state index is 11.6. The summed E-state index contributed by atoms with van der Waals surface area (Å²) in [5.74, 6) is -5.26. The molecule has 0 bridgehead atoms. The molecule has 3 rings (SSSR count). The molecule has 0 saturated heterocycles. The predicted molar refractivity (Wildman–Crippen MR) is 460 cm³/mol. The molecule has 0 heterocycles. The number of carbonyl (C=O) groups excluding carboxylic acids is 8. The second-order valence-corrected chi connectivity index (χ2v) is 32.7. The minimum absolute atomic E-state index is 0.0128. The molecule has 6 N–H and O–H groups in total. The zero-order chi connectivity index (χ0) is 93.5. The highest BCUT2D eigenvalue weighted by atomic mass is 16.6. The fourth-order valence-electron chi connectivity index (χ4n) is 6.23. The van der Waals surface area contributed by atoms with Gasteiger partial charge in [-0.15, -0.1) is 0 Å². The van der Waals surface area contributed by atoms with Gasteiger partial charge in [-0.05, 0) is 198 Å². The van der Waals surface area contributed by atoms with Crippen molar-refractivity contribution in [1.29, 1.82) is 0 Å². The lowest BCUT2D eigenvalue weighted by Gasteiger charge is -2.21. The first-order valence-electron chi connectivity index (χ1n) is 40.6. The largest absolute Gasteiger partial charge is 0.481 e. The van der Waals surface area contributed by atoms with Crippen molar-refractivity contribution in [2.75, 3.05) is 46.8 Å². The summed E-state index contributed by atoms with van der Waals surface area (Å²) in [6.07, 6.45) is 7.31. The number of carboxylic acid groups (broad SMARTS) is 4. The quantitative estimate of drug-likeness (QED) is 0.0135. The van der Waals surface area contributed by atoms with Crippen molar-refractivity contribution in [1.82, 2.24) is 0 Å². The van der Waals surface area contributed by atoms with Crippen LogP contribution < -0.4 is 0 Å². The third-order valence-corrected chi connectivity index (χ3v) is 19.6. The van der Waals surface area contributed by atoms with E-state index in [0.717, 1.165) is 49.3 Å². The summed E-state index contributed by atoms with van der Waals surface area (Å²) < 4.78 is 39.0. The molecule has 3 atom stereocenters. The second kappa shape index (κ2) is 65.8. The van der Waals surface area contributed by atoms with Crippen LogP contribution in [0.25, 0.3) is 0 Å². The maximum Gasteiger partial charge on any atom is 0.330 e. The number of aliphatic hydroxyl groups is 2. The van der Waals surface area contributed by atoms with Crippen molar-refractivity contribution in [2.45, 2.75) is 296 Å². The van der Waals surface area contributed by atoms with Gasteiger partial charge < -0.3 is 68.5 Å². The number of hydrogen-bond acceptors (Lipinski definition) is 22. The van der Waals surface area contributed by atoms with Crippen molar-refractivity contribution in [3.63, 3.8) is 0 Å². The van der Waals surface area contributed by atoms with Crippen LogP contribution in [0.3, 0.4) is 0 Å². The summed E-state index contributed by atoms with van der Waals surface area (Å²) in [4.78, 5) is 131. The van der Waals surface area contributed by atoms with E-state index in [1.165, 1.54) is 19.1 Å². The summed E-state index contributed by atoms with van der Waals surface area (Å²) >= 11 is 0. The normalized spacial score (nSPS) is 11.7. The molecule has 0 fully saturated rings. The molecule has 678 valence electrons. The average Bonchev–Trinajstić information content (AvgIpc) is 0.900. The van der Waals surface area contributed by atoms with Crippen LogP contribution in [0.5, 0.6) is 0 Å². The average molecular weight is 1680 g/mol. The topological polar surface area (TPSA) is 400 Å². The van der Waals surface area contributed by atoms with Crippen molar-refractivity contribution < 1.29 is 126 Å². The highest BCUT2D eigenvalue weighted by molar-refractivity contribution is 5.81. The van der Waals surface area contributed by atoms with Crippen molar-refractivity contribution in [2.24, 2.45) is 49.2 Å². The SMILES string of the molecule is C=CC(=O)OCC(O)COC(=O)C(C)(C)CC.CCC(C)(C)C(=O)O.CCC(C)(C)C(=O)O.CCC(C)(C)C(=O)OC.CCC(C)(C)C(=O)OCCO.CCC(C)(C)C(=O)OCCOC(=O)CCC(=O)O.CCC(C)(C)C(=O)OCc1ccccc1.CCC(C)(C)C(=O)OCc1ccccc1.CCC(C)C(=O)O.CCC(C)c1ccccc1. The van der Waals surface area contributed by atoms with E-state index in [-0.39, 0.29) is 110 Å². The van der Waals surface area contributed by atoms with Crippen LogP contribution in [-0.4, -0.2) is 155 Å². The zero-order valence-electron chi connectivity index (χ0n) is 77.2. The summed E-state index contributed by atoms with van der Waals surface area (Å²) in [5, 5.41) is 51.2. The van der Waals surface area contributed by atoms with Gasteiger partial charge in [0.25, 0.3) is 0 Å². The Morgan fingerprint density at radius 2 is 0.678 bits per heavy atom. The molecule has 3 unspecified atom stereocenters. The van der Waals surface area contributed by atoms with Crippen LogP contribution in [0.2, 0.25) is 0 Å². The number of ether oxygens (including phenoxy) is 8. The third kappa shape index (κ3) is 62.2. The van der Waals surface area contributed by atoms with E-state index in [1.54, 1.807) is 62.3 Å². The Balaban J connectivity index is -0.000000235. The smallest absolute Gasteiger partial charge is 0.330 e. The minimum Gasteiger partial charge on any atom is -0.481 e. The van der Waals surface area contributed by atoms with Crippen molar-refractivity contribution in [3.05, 3.63) is 120 Å².